The maximum absolute atomic E-state index is 14.0. The van der Waals surface area contributed by atoms with E-state index in [0.717, 1.165) is 23.3 Å². The predicted molar refractivity (Wildman–Crippen MR) is 106 cm³/mol. The first-order valence-corrected chi connectivity index (χ1v) is 9.57. The van der Waals surface area contributed by atoms with Gasteiger partial charge in [0.05, 0.1) is 17.9 Å². The number of nitrogens with zero attached hydrogens (tertiary/aromatic N) is 3. The Kier molecular flexibility index (Phi) is 5.56. The summed E-state index contributed by atoms with van der Waals surface area (Å²) in [6, 6.07) is 10.8. The van der Waals surface area contributed by atoms with Gasteiger partial charge in [-0.3, -0.25) is 9.59 Å². The van der Waals surface area contributed by atoms with Gasteiger partial charge in [0, 0.05) is 44.5 Å². The molecule has 1 unspecified atom stereocenters. The van der Waals surface area contributed by atoms with Gasteiger partial charge in [0.25, 0.3) is 0 Å². The minimum Gasteiger partial charge on any atom is -0.352 e. The number of rotatable bonds is 6. The van der Waals surface area contributed by atoms with Crippen LogP contribution >= 0.6 is 0 Å². The largest absolute Gasteiger partial charge is 0.352 e. The Morgan fingerprint density at radius 3 is 2.70 bits per heavy atom. The van der Waals surface area contributed by atoms with Gasteiger partial charge in [-0.2, -0.15) is 0 Å². The van der Waals surface area contributed by atoms with Crippen molar-refractivity contribution in [3.8, 4) is 0 Å². The highest BCUT2D eigenvalue weighted by Crippen LogP contribution is 2.28. The lowest BCUT2D eigenvalue weighted by Gasteiger charge is -2.17. The molecule has 1 aromatic heterocycles. The Hall–Kier alpha value is -3.55. The van der Waals surface area contributed by atoms with Crippen molar-refractivity contribution in [1.82, 2.24) is 14.9 Å². The van der Waals surface area contributed by atoms with Gasteiger partial charge in [-0.05, 0) is 23.3 Å². The summed E-state index contributed by atoms with van der Waals surface area (Å²) in [6.45, 7) is 1.01. The van der Waals surface area contributed by atoms with E-state index in [4.69, 9.17) is 0 Å². The first-order chi connectivity index (χ1) is 14.5. The normalized spacial score (nSPS) is 16.1. The number of nitrogens with one attached hydrogen (secondary N) is 1. The van der Waals surface area contributed by atoms with Crippen LogP contribution in [0.5, 0.6) is 0 Å². The van der Waals surface area contributed by atoms with Crippen molar-refractivity contribution in [2.24, 2.45) is 5.92 Å². The molecule has 0 radical (unpaired) electrons. The van der Waals surface area contributed by atoms with Gasteiger partial charge in [0.15, 0.2) is 0 Å². The molecular formula is C22H20F2N4O2. The molecule has 154 valence electrons. The fourth-order valence-electron chi connectivity index (χ4n) is 3.60. The summed E-state index contributed by atoms with van der Waals surface area (Å²) in [5, 5.41) is 2.88. The van der Waals surface area contributed by atoms with Crippen molar-refractivity contribution in [2.75, 3.05) is 11.4 Å². The van der Waals surface area contributed by atoms with Gasteiger partial charge in [-0.25, -0.2) is 13.8 Å². The van der Waals surface area contributed by atoms with Crippen LogP contribution in [-0.4, -0.2) is 27.9 Å². The van der Waals surface area contributed by atoms with Crippen LogP contribution < -0.4 is 10.2 Å². The number of amides is 2. The van der Waals surface area contributed by atoms with Crippen LogP contribution in [0.25, 0.3) is 0 Å². The van der Waals surface area contributed by atoms with Crippen molar-refractivity contribution in [2.45, 2.75) is 19.5 Å². The van der Waals surface area contributed by atoms with E-state index in [9.17, 15) is 18.4 Å². The second kappa shape index (κ2) is 8.44. The summed E-state index contributed by atoms with van der Waals surface area (Å²) < 4.78 is 29.1. The quantitative estimate of drug-likeness (QED) is 0.680. The van der Waals surface area contributed by atoms with E-state index in [2.05, 4.69) is 10.3 Å². The number of benzene rings is 2. The number of hydrogen-bond donors (Lipinski definition) is 1. The molecule has 2 heterocycles. The highest BCUT2D eigenvalue weighted by atomic mass is 19.1. The van der Waals surface area contributed by atoms with Crippen molar-refractivity contribution < 1.29 is 18.4 Å². The molecule has 0 saturated carbocycles. The third-order valence-corrected chi connectivity index (χ3v) is 5.18. The molecule has 1 aliphatic rings. The minimum absolute atomic E-state index is 0.0117. The second-order valence-corrected chi connectivity index (χ2v) is 7.22. The Bertz CT molecular complexity index is 1070. The summed E-state index contributed by atoms with van der Waals surface area (Å²) in [5.74, 6) is -2.76. The Balaban J connectivity index is 1.40. The standard InChI is InChI=1S/C22H20F2N4O2/c23-18-5-6-20(19(24)10-18)28-13-17(9-21(28)29)22(30)26-11-15-3-1-2-4-16(15)12-27-8-7-25-14-27/h1-8,10,14,17H,9,11-13H2,(H,26,30). The first-order valence-electron chi connectivity index (χ1n) is 9.57. The summed E-state index contributed by atoms with van der Waals surface area (Å²) in [6.07, 6.45) is 5.28. The van der Waals surface area contributed by atoms with Gasteiger partial charge in [0.2, 0.25) is 11.8 Å². The molecule has 2 amide bonds. The number of hydrogen-bond acceptors (Lipinski definition) is 3. The van der Waals surface area contributed by atoms with Crippen molar-refractivity contribution in [1.29, 1.82) is 0 Å². The number of imidazole rings is 1. The lowest BCUT2D eigenvalue weighted by Crippen LogP contribution is -2.33. The van der Waals surface area contributed by atoms with E-state index in [-0.39, 0.29) is 30.5 Å². The molecular weight excluding hydrogens is 390 g/mol. The van der Waals surface area contributed by atoms with Gasteiger partial charge < -0.3 is 14.8 Å². The minimum atomic E-state index is -0.821. The molecule has 4 rings (SSSR count). The van der Waals surface area contributed by atoms with Gasteiger partial charge in [0.1, 0.15) is 11.6 Å². The Morgan fingerprint density at radius 1 is 1.17 bits per heavy atom. The number of halogens is 2. The van der Waals surface area contributed by atoms with E-state index in [1.807, 2.05) is 35.0 Å². The number of aromatic nitrogens is 2. The molecule has 0 spiro atoms. The molecule has 1 saturated heterocycles. The molecule has 1 fully saturated rings. The van der Waals surface area contributed by atoms with Crippen LogP contribution in [0.1, 0.15) is 17.5 Å². The van der Waals surface area contributed by atoms with Crippen molar-refractivity contribution in [3.63, 3.8) is 0 Å². The molecule has 1 aliphatic heterocycles. The lowest BCUT2D eigenvalue weighted by molar-refractivity contribution is -0.126. The van der Waals surface area contributed by atoms with Crippen LogP contribution in [0.3, 0.4) is 0 Å². The van der Waals surface area contributed by atoms with Gasteiger partial charge in [-0.1, -0.05) is 24.3 Å². The molecule has 30 heavy (non-hydrogen) atoms. The molecule has 1 N–H and O–H groups in total. The second-order valence-electron chi connectivity index (χ2n) is 7.22. The number of carbonyl (C=O) groups excluding carboxylic acids is 2. The molecule has 1 atom stereocenters. The zero-order valence-electron chi connectivity index (χ0n) is 16.1. The Morgan fingerprint density at radius 2 is 1.97 bits per heavy atom. The zero-order chi connectivity index (χ0) is 21.1. The average Bonchev–Trinajstić information content (AvgIpc) is 3.37. The van der Waals surface area contributed by atoms with Crippen molar-refractivity contribution in [3.05, 3.63) is 83.9 Å². The average molecular weight is 410 g/mol. The molecule has 2 aromatic carbocycles. The maximum Gasteiger partial charge on any atom is 0.227 e. The fraction of sp³-hybridized carbons (Fsp3) is 0.227. The molecule has 3 aromatic rings. The zero-order valence-corrected chi connectivity index (χ0v) is 16.1. The molecule has 0 aliphatic carbocycles. The monoisotopic (exact) mass is 410 g/mol. The van der Waals surface area contributed by atoms with Crippen LogP contribution in [0.15, 0.2) is 61.2 Å². The van der Waals surface area contributed by atoms with Crippen LogP contribution in [-0.2, 0) is 22.7 Å². The third-order valence-electron chi connectivity index (χ3n) is 5.18. The first kappa shape index (κ1) is 19.8. The lowest BCUT2D eigenvalue weighted by atomic mass is 10.1. The molecule has 0 bridgehead atoms. The summed E-state index contributed by atoms with van der Waals surface area (Å²) in [5.41, 5.74) is 2.00. The van der Waals surface area contributed by atoms with E-state index >= 15 is 0 Å². The number of carbonyl (C=O) groups is 2. The van der Waals surface area contributed by atoms with Crippen LogP contribution in [0.2, 0.25) is 0 Å². The van der Waals surface area contributed by atoms with E-state index in [1.165, 1.54) is 11.0 Å². The smallest absolute Gasteiger partial charge is 0.227 e. The highest BCUT2D eigenvalue weighted by Gasteiger charge is 2.36. The van der Waals surface area contributed by atoms with Crippen molar-refractivity contribution >= 4 is 17.5 Å². The van der Waals surface area contributed by atoms with E-state index in [0.29, 0.717) is 13.1 Å². The maximum atomic E-state index is 14.0. The van der Waals surface area contributed by atoms with Crippen LogP contribution in [0, 0.1) is 17.6 Å². The number of anilines is 1. The van der Waals surface area contributed by atoms with Crippen LogP contribution in [0.4, 0.5) is 14.5 Å². The predicted octanol–water partition coefficient (Wildman–Crippen LogP) is 2.88. The third kappa shape index (κ3) is 4.22. The Labute approximate surface area is 172 Å². The summed E-state index contributed by atoms with van der Waals surface area (Å²) >= 11 is 0. The van der Waals surface area contributed by atoms with E-state index < -0.39 is 17.6 Å². The molecule has 8 heteroatoms. The SMILES string of the molecule is O=C(NCc1ccccc1Cn1ccnc1)C1CC(=O)N(c2ccc(F)cc2F)C1. The topological polar surface area (TPSA) is 67.2 Å². The van der Waals surface area contributed by atoms with Gasteiger partial charge >= 0.3 is 0 Å². The fourth-order valence-corrected chi connectivity index (χ4v) is 3.60. The summed E-state index contributed by atoms with van der Waals surface area (Å²) in [4.78, 5) is 30.2. The van der Waals surface area contributed by atoms with Gasteiger partial charge in [-0.15, -0.1) is 0 Å². The highest BCUT2D eigenvalue weighted by molar-refractivity contribution is 6.00. The summed E-state index contributed by atoms with van der Waals surface area (Å²) in [7, 11) is 0. The molecule has 6 nitrogen and oxygen atoms in total. The van der Waals surface area contributed by atoms with E-state index in [1.54, 1.807) is 12.5 Å².